The average Bonchev–Trinajstić information content (AvgIpc) is 2.39. The van der Waals surface area contributed by atoms with Crippen LogP contribution < -0.4 is 5.32 Å². The van der Waals surface area contributed by atoms with E-state index in [1.807, 2.05) is 0 Å². The van der Waals surface area contributed by atoms with Crippen molar-refractivity contribution in [3.63, 3.8) is 0 Å². The summed E-state index contributed by atoms with van der Waals surface area (Å²) >= 11 is 0. The highest BCUT2D eigenvalue weighted by Gasteiger charge is 2.26. The van der Waals surface area contributed by atoms with Crippen LogP contribution in [-0.2, 0) is 0 Å². The van der Waals surface area contributed by atoms with Gasteiger partial charge in [0.2, 0.25) is 0 Å². The van der Waals surface area contributed by atoms with E-state index in [1.165, 1.54) is 58.5 Å². The lowest BCUT2D eigenvalue weighted by atomic mass is 10.0. The van der Waals surface area contributed by atoms with Gasteiger partial charge in [0.05, 0.1) is 0 Å². The summed E-state index contributed by atoms with van der Waals surface area (Å²) in [5, 5.41) is 3.45. The molecule has 0 aromatic rings. The summed E-state index contributed by atoms with van der Waals surface area (Å²) in [6.45, 7) is 12.2. The molecule has 2 fully saturated rings. The third-order valence-corrected chi connectivity index (χ3v) is 4.39. The van der Waals surface area contributed by atoms with Crippen LogP contribution in [0.4, 0.5) is 0 Å². The van der Waals surface area contributed by atoms with Crippen LogP contribution in [0, 0.1) is 0 Å². The minimum absolute atomic E-state index is 0.773. The molecule has 1 N–H and O–H groups in total. The zero-order valence-electron chi connectivity index (χ0n) is 10.9. The molecular weight excluding hydrogens is 198 g/mol. The number of piperazine rings is 1. The Kier molecular flexibility index (Phi) is 4.62. The van der Waals surface area contributed by atoms with Crippen molar-refractivity contribution in [2.75, 3.05) is 39.3 Å². The summed E-state index contributed by atoms with van der Waals surface area (Å²) in [5.41, 5.74) is 0. The zero-order chi connectivity index (χ0) is 11.4. The van der Waals surface area contributed by atoms with Crippen LogP contribution in [0.25, 0.3) is 0 Å². The van der Waals surface area contributed by atoms with Crippen LogP contribution in [-0.4, -0.2) is 61.2 Å². The van der Waals surface area contributed by atoms with Crippen LogP contribution in [0.5, 0.6) is 0 Å². The van der Waals surface area contributed by atoms with E-state index < -0.39 is 0 Å². The first-order valence-electron chi connectivity index (χ1n) is 7.00. The Morgan fingerprint density at radius 1 is 1.12 bits per heavy atom. The highest BCUT2D eigenvalue weighted by atomic mass is 15.3. The predicted molar refractivity (Wildman–Crippen MR) is 68.8 cm³/mol. The van der Waals surface area contributed by atoms with Gasteiger partial charge in [-0.3, -0.25) is 9.80 Å². The number of rotatable bonds is 3. The lowest BCUT2D eigenvalue weighted by Gasteiger charge is -2.42. The van der Waals surface area contributed by atoms with E-state index in [9.17, 15) is 0 Å². The highest BCUT2D eigenvalue weighted by Crippen LogP contribution is 2.16. The van der Waals surface area contributed by atoms with E-state index in [2.05, 4.69) is 29.0 Å². The molecule has 0 amide bonds. The molecule has 0 aliphatic carbocycles. The Balaban J connectivity index is 1.75. The quantitative estimate of drug-likeness (QED) is 0.777. The van der Waals surface area contributed by atoms with Crippen LogP contribution in [0.3, 0.4) is 0 Å². The number of nitrogens with zero attached hydrogens (tertiary/aromatic N) is 2. The number of hydrogen-bond donors (Lipinski definition) is 1. The van der Waals surface area contributed by atoms with Gasteiger partial charge in [-0.2, -0.15) is 0 Å². The summed E-state index contributed by atoms with van der Waals surface area (Å²) in [5.74, 6) is 0. The van der Waals surface area contributed by atoms with Crippen molar-refractivity contribution in [1.29, 1.82) is 0 Å². The fourth-order valence-corrected chi connectivity index (χ4v) is 2.97. The summed E-state index contributed by atoms with van der Waals surface area (Å²) < 4.78 is 0. The molecule has 0 bridgehead atoms. The molecule has 3 heteroatoms. The molecule has 0 radical (unpaired) electrons. The molecule has 0 saturated carbocycles. The molecule has 1 atom stereocenters. The first kappa shape index (κ1) is 12.3. The van der Waals surface area contributed by atoms with Gasteiger partial charge in [-0.15, -0.1) is 0 Å². The zero-order valence-corrected chi connectivity index (χ0v) is 10.9. The second-order valence-electron chi connectivity index (χ2n) is 5.31. The van der Waals surface area contributed by atoms with Gasteiger partial charge in [-0.1, -0.05) is 6.92 Å². The first-order valence-corrected chi connectivity index (χ1v) is 7.00. The minimum atomic E-state index is 0.773. The Hall–Kier alpha value is -0.120. The van der Waals surface area contributed by atoms with E-state index in [0.29, 0.717) is 0 Å². The maximum atomic E-state index is 3.45. The van der Waals surface area contributed by atoms with Gasteiger partial charge in [-0.05, 0) is 39.3 Å². The van der Waals surface area contributed by atoms with Crippen molar-refractivity contribution in [3.8, 4) is 0 Å². The second kappa shape index (κ2) is 5.99. The smallest absolute Gasteiger partial charge is 0.0120 e. The third kappa shape index (κ3) is 2.96. The molecule has 0 spiro atoms. The molecule has 2 aliphatic heterocycles. The molecular formula is C13H27N3. The number of piperidine rings is 1. The van der Waals surface area contributed by atoms with Crippen molar-refractivity contribution in [3.05, 3.63) is 0 Å². The van der Waals surface area contributed by atoms with Gasteiger partial charge in [0.15, 0.2) is 0 Å². The van der Waals surface area contributed by atoms with Gasteiger partial charge in [0.1, 0.15) is 0 Å². The topological polar surface area (TPSA) is 18.5 Å². The van der Waals surface area contributed by atoms with E-state index in [0.717, 1.165) is 12.1 Å². The van der Waals surface area contributed by atoms with E-state index in [-0.39, 0.29) is 0 Å². The average molecular weight is 225 g/mol. The number of hydrogen-bond acceptors (Lipinski definition) is 3. The van der Waals surface area contributed by atoms with Gasteiger partial charge >= 0.3 is 0 Å². The van der Waals surface area contributed by atoms with E-state index >= 15 is 0 Å². The lowest BCUT2D eigenvalue weighted by Crippen LogP contribution is -2.54. The fraction of sp³-hybridized carbons (Fsp3) is 1.00. The highest BCUT2D eigenvalue weighted by molar-refractivity contribution is 4.83. The minimum Gasteiger partial charge on any atom is -0.317 e. The Morgan fingerprint density at radius 3 is 2.31 bits per heavy atom. The molecule has 0 aromatic heterocycles. The van der Waals surface area contributed by atoms with Gasteiger partial charge in [0, 0.05) is 38.3 Å². The van der Waals surface area contributed by atoms with Crippen LogP contribution >= 0.6 is 0 Å². The van der Waals surface area contributed by atoms with E-state index in [1.54, 1.807) is 0 Å². The second-order valence-corrected chi connectivity index (χ2v) is 5.31. The standard InChI is InChI=1S/C13H27N3/c1-3-12(2)15-8-10-16(11-9-15)13-4-6-14-7-5-13/h12-14H,3-11H2,1-2H3. The van der Waals surface area contributed by atoms with Crippen molar-refractivity contribution in [1.82, 2.24) is 15.1 Å². The van der Waals surface area contributed by atoms with Crippen molar-refractivity contribution in [2.24, 2.45) is 0 Å². The fourth-order valence-electron chi connectivity index (χ4n) is 2.97. The third-order valence-electron chi connectivity index (χ3n) is 4.39. The summed E-state index contributed by atoms with van der Waals surface area (Å²) in [6, 6.07) is 1.63. The Bertz CT molecular complexity index is 193. The molecule has 3 nitrogen and oxygen atoms in total. The Labute approximate surface area is 100 Å². The summed E-state index contributed by atoms with van der Waals surface area (Å²) in [4.78, 5) is 5.37. The first-order chi connectivity index (χ1) is 7.81. The Morgan fingerprint density at radius 2 is 1.75 bits per heavy atom. The molecule has 2 heterocycles. The molecule has 16 heavy (non-hydrogen) atoms. The summed E-state index contributed by atoms with van der Waals surface area (Å²) in [6.07, 6.45) is 3.99. The van der Waals surface area contributed by atoms with E-state index in [4.69, 9.17) is 0 Å². The lowest BCUT2D eigenvalue weighted by molar-refractivity contribution is 0.0620. The van der Waals surface area contributed by atoms with Crippen LogP contribution in [0.2, 0.25) is 0 Å². The molecule has 0 aromatic carbocycles. The van der Waals surface area contributed by atoms with Gasteiger partial charge < -0.3 is 5.32 Å². The SMILES string of the molecule is CCC(C)N1CCN(C2CCNCC2)CC1. The van der Waals surface area contributed by atoms with Gasteiger partial charge in [-0.25, -0.2) is 0 Å². The predicted octanol–water partition coefficient (Wildman–Crippen LogP) is 1.15. The van der Waals surface area contributed by atoms with Crippen molar-refractivity contribution in [2.45, 2.75) is 45.2 Å². The molecule has 2 rings (SSSR count). The largest absolute Gasteiger partial charge is 0.317 e. The maximum Gasteiger partial charge on any atom is 0.0120 e. The van der Waals surface area contributed by atoms with Crippen LogP contribution in [0.1, 0.15) is 33.1 Å². The normalized spacial score (nSPS) is 28.1. The van der Waals surface area contributed by atoms with Crippen LogP contribution in [0.15, 0.2) is 0 Å². The van der Waals surface area contributed by atoms with Gasteiger partial charge in [0.25, 0.3) is 0 Å². The number of nitrogens with one attached hydrogen (secondary N) is 1. The summed E-state index contributed by atoms with van der Waals surface area (Å²) in [7, 11) is 0. The molecule has 2 aliphatic rings. The van der Waals surface area contributed by atoms with Crippen molar-refractivity contribution >= 4 is 0 Å². The van der Waals surface area contributed by atoms with Crippen molar-refractivity contribution < 1.29 is 0 Å². The molecule has 94 valence electrons. The molecule has 2 saturated heterocycles. The monoisotopic (exact) mass is 225 g/mol. The maximum absolute atomic E-state index is 3.45. The molecule has 1 unspecified atom stereocenters.